The number of ether oxygens (including phenoxy) is 2. The highest BCUT2D eigenvalue weighted by Gasteiger charge is 2.30. The zero-order valence-corrected chi connectivity index (χ0v) is 20.5. The van der Waals surface area contributed by atoms with Gasteiger partial charge < -0.3 is 9.47 Å². The fraction of sp³-hybridized carbons (Fsp3) is 0.520. The van der Waals surface area contributed by atoms with E-state index in [1.807, 2.05) is 12.1 Å². The number of hydrogen-bond donors (Lipinski definition) is 0. The molecular weight excluding hydrogens is 438 g/mol. The van der Waals surface area contributed by atoms with Crippen LogP contribution in [-0.4, -0.2) is 82.1 Å². The van der Waals surface area contributed by atoms with Crippen molar-refractivity contribution in [3.63, 3.8) is 0 Å². The van der Waals surface area contributed by atoms with Crippen molar-refractivity contribution in [3.8, 4) is 11.5 Å². The molecule has 0 aromatic heterocycles. The van der Waals surface area contributed by atoms with E-state index < -0.39 is 10.0 Å². The van der Waals surface area contributed by atoms with Crippen LogP contribution in [0.15, 0.2) is 53.4 Å². The Bertz CT molecular complexity index is 1000. The molecule has 2 aliphatic heterocycles. The smallest absolute Gasteiger partial charge is 0.243 e. The van der Waals surface area contributed by atoms with E-state index in [0.717, 1.165) is 57.7 Å². The van der Waals surface area contributed by atoms with Crippen LogP contribution in [0.2, 0.25) is 0 Å². The number of methoxy groups -OCH3 is 2. The van der Waals surface area contributed by atoms with Crippen molar-refractivity contribution < 1.29 is 17.9 Å². The van der Waals surface area contributed by atoms with Gasteiger partial charge >= 0.3 is 0 Å². The SMILES string of the molecule is COc1ccc(CN2CCC(N3CCCN(S(=O)(=O)c4cccc(OC)c4)CC3)CC2)cc1. The highest BCUT2D eigenvalue weighted by atomic mass is 32.2. The molecule has 180 valence electrons. The van der Waals surface area contributed by atoms with Crippen molar-refractivity contribution in [3.05, 3.63) is 54.1 Å². The molecule has 4 rings (SSSR count). The Balaban J connectivity index is 1.30. The Morgan fingerprint density at radius 2 is 1.58 bits per heavy atom. The summed E-state index contributed by atoms with van der Waals surface area (Å²) < 4.78 is 38.5. The number of rotatable bonds is 7. The van der Waals surface area contributed by atoms with Crippen LogP contribution in [-0.2, 0) is 16.6 Å². The van der Waals surface area contributed by atoms with E-state index in [1.54, 1.807) is 42.8 Å². The number of hydrogen-bond acceptors (Lipinski definition) is 6. The largest absolute Gasteiger partial charge is 0.497 e. The first kappa shape index (κ1) is 24.0. The first-order valence-corrected chi connectivity index (χ1v) is 13.2. The Morgan fingerprint density at radius 1 is 0.848 bits per heavy atom. The molecular formula is C25H35N3O4S. The molecule has 0 spiro atoms. The van der Waals surface area contributed by atoms with Gasteiger partial charge in [0.25, 0.3) is 0 Å². The van der Waals surface area contributed by atoms with Crippen molar-refractivity contribution in [1.82, 2.24) is 14.1 Å². The Hall–Kier alpha value is -2.13. The predicted octanol–water partition coefficient (Wildman–Crippen LogP) is 3.06. The first-order chi connectivity index (χ1) is 16.0. The van der Waals surface area contributed by atoms with E-state index in [1.165, 1.54) is 5.56 Å². The van der Waals surface area contributed by atoms with E-state index >= 15 is 0 Å². The maximum atomic E-state index is 13.2. The number of likely N-dealkylation sites (tertiary alicyclic amines) is 1. The summed E-state index contributed by atoms with van der Waals surface area (Å²) in [5.74, 6) is 1.45. The molecule has 2 aromatic rings. The van der Waals surface area contributed by atoms with Crippen molar-refractivity contribution in [1.29, 1.82) is 0 Å². The molecule has 0 N–H and O–H groups in total. The maximum Gasteiger partial charge on any atom is 0.243 e. The second-order valence-corrected chi connectivity index (χ2v) is 10.8. The van der Waals surface area contributed by atoms with Crippen LogP contribution in [0.4, 0.5) is 0 Å². The lowest BCUT2D eigenvalue weighted by Crippen LogP contribution is -2.46. The molecule has 8 heteroatoms. The summed E-state index contributed by atoms with van der Waals surface area (Å²) >= 11 is 0. The Labute approximate surface area is 197 Å². The molecule has 0 radical (unpaired) electrons. The van der Waals surface area contributed by atoms with Crippen molar-refractivity contribution in [2.24, 2.45) is 0 Å². The standard InChI is InChI=1S/C25H35N3O4S/c1-31-23-9-7-21(8-10-23)20-26-15-11-22(12-16-26)27-13-4-14-28(18-17-27)33(29,30)25-6-3-5-24(19-25)32-2/h3,5-10,19,22H,4,11-18,20H2,1-2H3. The predicted molar refractivity (Wildman–Crippen MR) is 129 cm³/mol. The van der Waals surface area contributed by atoms with Gasteiger partial charge in [-0.1, -0.05) is 18.2 Å². The minimum atomic E-state index is -3.51. The number of piperidine rings is 1. The molecule has 0 saturated carbocycles. The first-order valence-electron chi connectivity index (χ1n) is 11.7. The lowest BCUT2D eigenvalue weighted by atomic mass is 10.0. The summed E-state index contributed by atoms with van der Waals surface area (Å²) in [6, 6.07) is 15.6. The van der Waals surface area contributed by atoms with Gasteiger partial charge in [0.2, 0.25) is 10.0 Å². The average molecular weight is 474 g/mol. The fourth-order valence-electron chi connectivity index (χ4n) is 4.86. The normalized spacial score (nSPS) is 19.8. The van der Waals surface area contributed by atoms with Gasteiger partial charge in [-0.25, -0.2) is 8.42 Å². The van der Waals surface area contributed by atoms with E-state index in [9.17, 15) is 8.42 Å². The molecule has 7 nitrogen and oxygen atoms in total. The minimum absolute atomic E-state index is 0.308. The zero-order valence-electron chi connectivity index (χ0n) is 19.7. The average Bonchev–Trinajstić information content (AvgIpc) is 3.12. The fourth-order valence-corrected chi connectivity index (χ4v) is 6.37. The van der Waals surface area contributed by atoms with Gasteiger partial charge in [-0.15, -0.1) is 0 Å². The number of nitrogens with zero attached hydrogens (tertiary/aromatic N) is 3. The van der Waals surface area contributed by atoms with Gasteiger partial charge in [0.1, 0.15) is 11.5 Å². The van der Waals surface area contributed by atoms with E-state index in [0.29, 0.717) is 29.8 Å². The molecule has 0 aliphatic carbocycles. The quantitative estimate of drug-likeness (QED) is 0.616. The summed E-state index contributed by atoms with van der Waals surface area (Å²) in [5, 5.41) is 0. The third-order valence-electron chi connectivity index (χ3n) is 6.81. The highest BCUT2D eigenvalue weighted by molar-refractivity contribution is 7.89. The van der Waals surface area contributed by atoms with E-state index in [-0.39, 0.29) is 0 Å². The van der Waals surface area contributed by atoms with Crippen molar-refractivity contribution in [2.75, 3.05) is 53.5 Å². The molecule has 0 unspecified atom stereocenters. The number of sulfonamides is 1. The zero-order chi connectivity index (χ0) is 23.3. The summed E-state index contributed by atoms with van der Waals surface area (Å²) in [4.78, 5) is 5.32. The van der Waals surface area contributed by atoms with Gasteiger partial charge in [-0.2, -0.15) is 4.31 Å². The summed E-state index contributed by atoms with van der Waals surface area (Å²) in [6.07, 6.45) is 3.10. The second kappa shape index (κ2) is 10.9. The van der Waals surface area contributed by atoms with Gasteiger partial charge in [-0.05, 0) is 68.7 Å². The van der Waals surface area contributed by atoms with Crippen LogP contribution in [0.25, 0.3) is 0 Å². The van der Waals surface area contributed by atoms with Gasteiger partial charge in [0.15, 0.2) is 0 Å². The van der Waals surface area contributed by atoms with Crippen molar-refractivity contribution in [2.45, 2.75) is 36.7 Å². The van der Waals surface area contributed by atoms with Gasteiger partial charge in [0, 0.05) is 38.3 Å². The van der Waals surface area contributed by atoms with Crippen LogP contribution in [0, 0.1) is 0 Å². The molecule has 2 saturated heterocycles. The van der Waals surface area contributed by atoms with Crippen LogP contribution < -0.4 is 9.47 Å². The Morgan fingerprint density at radius 3 is 2.27 bits per heavy atom. The number of benzene rings is 2. The molecule has 2 aromatic carbocycles. The Kier molecular flexibility index (Phi) is 7.90. The molecule has 0 amide bonds. The monoisotopic (exact) mass is 473 g/mol. The van der Waals surface area contributed by atoms with E-state index in [2.05, 4.69) is 21.9 Å². The molecule has 33 heavy (non-hydrogen) atoms. The topological polar surface area (TPSA) is 62.3 Å². The highest BCUT2D eigenvalue weighted by Crippen LogP contribution is 2.24. The van der Waals surface area contributed by atoms with Crippen LogP contribution in [0.3, 0.4) is 0 Å². The molecule has 2 aliphatic rings. The molecule has 2 heterocycles. The third kappa shape index (κ3) is 5.87. The van der Waals surface area contributed by atoms with Crippen molar-refractivity contribution >= 4 is 10.0 Å². The molecule has 0 bridgehead atoms. The summed E-state index contributed by atoms with van der Waals surface area (Å²) in [6.45, 7) is 5.93. The second-order valence-electron chi connectivity index (χ2n) is 8.83. The molecule has 2 fully saturated rings. The minimum Gasteiger partial charge on any atom is -0.497 e. The van der Waals surface area contributed by atoms with Crippen LogP contribution in [0.5, 0.6) is 11.5 Å². The van der Waals surface area contributed by atoms with Gasteiger partial charge in [0.05, 0.1) is 19.1 Å². The summed E-state index contributed by atoms with van der Waals surface area (Å²) in [5.41, 5.74) is 1.31. The van der Waals surface area contributed by atoms with Crippen LogP contribution in [0.1, 0.15) is 24.8 Å². The summed E-state index contributed by atoms with van der Waals surface area (Å²) in [7, 11) is -0.267. The lowest BCUT2D eigenvalue weighted by molar-refractivity contribution is 0.108. The van der Waals surface area contributed by atoms with E-state index in [4.69, 9.17) is 9.47 Å². The maximum absolute atomic E-state index is 13.2. The third-order valence-corrected chi connectivity index (χ3v) is 8.70. The van der Waals surface area contributed by atoms with Gasteiger partial charge in [-0.3, -0.25) is 9.80 Å². The lowest BCUT2D eigenvalue weighted by Gasteiger charge is -2.38. The van der Waals surface area contributed by atoms with Crippen LogP contribution >= 0.6 is 0 Å². The molecule has 0 atom stereocenters.